The van der Waals surface area contributed by atoms with Gasteiger partial charge in [-0.1, -0.05) is 13.8 Å². The van der Waals surface area contributed by atoms with Gasteiger partial charge in [-0.2, -0.15) is 0 Å². The molecule has 1 unspecified atom stereocenters. The highest BCUT2D eigenvalue weighted by atomic mass is 16.5. The third-order valence-electron chi connectivity index (χ3n) is 2.95. The molecule has 0 aromatic carbocycles. The Morgan fingerprint density at radius 2 is 2.07 bits per heavy atom. The van der Waals surface area contributed by atoms with Gasteiger partial charge in [0.15, 0.2) is 0 Å². The van der Waals surface area contributed by atoms with Crippen LogP contribution in [0.3, 0.4) is 0 Å². The minimum absolute atomic E-state index is 0.0527. The van der Waals surface area contributed by atoms with Crippen LogP contribution in [0.15, 0.2) is 0 Å². The summed E-state index contributed by atoms with van der Waals surface area (Å²) in [6.45, 7) is 5.37. The van der Waals surface area contributed by atoms with Crippen molar-refractivity contribution in [1.82, 2.24) is 0 Å². The van der Waals surface area contributed by atoms with Crippen LogP contribution in [-0.2, 0) is 19.1 Å². The smallest absolute Gasteiger partial charge is 0.310 e. The molecule has 1 atom stereocenters. The number of carbonyl (C=O) groups is 3. The summed E-state index contributed by atoms with van der Waals surface area (Å²) in [4.78, 5) is 34.4. The lowest BCUT2D eigenvalue weighted by molar-refractivity contribution is -0.160. The van der Waals surface area contributed by atoms with Gasteiger partial charge in [0.1, 0.15) is 11.6 Å². The Morgan fingerprint density at radius 3 is 2.60 bits per heavy atom. The lowest BCUT2D eigenvalue weighted by Crippen LogP contribution is -2.44. The van der Waals surface area contributed by atoms with E-state index in [-0.39, 0.29) is 31.0 Å². The Morgan fingerprint density at radius 1 is 1.47 bits per heavy atom. The fourth-order valence-corrected chi connectivity index (χ4v) is 1.78. The zero-order valence-corrected chi connectivity index (χ0v) is 9.33. The van der Waals surface area contributed by atoms with E-state index in [2.05, 4.69) is 0 Å². The largest absolute Gasteiger partial charge is 0.466 e. The van der Waals surface area contributed by atoms with Gasteiger partial charge < -0.3 is 4.74 Å². The molecule has 0 N–H and O–H groups in total. The van der Waals surface area contributed by atoms with Crippen molar-refractivity contribution in [3.63, 3.8) is 0 Å². The van der Waals surface area contributed by atoms with E-state index in [9.17, 15) is 14.4 Å². The van der Waals surface area contributed by atoms with Crippen LogP contribution < -0.4 is 0 Å². The summed E-state index contributed by atoms with van der Waals surface area (Å²) < 4.78 is 4.87. The Kier molecular flexibility index (Phi) is 3.27. The topological polar surface area (TPSA) is 60.4 Å². The number of Topliss-reactive ketones (excluding diaryl/α,β-unsaturated/α-hetero) is 2. The van der Waals surface area contributed by atoms with E-state index in [1.165, 1.54) is 0 Å². The molecule has 84 valence electrons. The third-order valence-corrected chi connectivity index (χ3v) is 2.95. The molecule has 0 aromatic rings. The van der Waals surface area contributed by atoms with Gasteiger partial charge in [0.2, 0.25) is 0 Å². The molecule has 0 saturated heterocycles. The Labute approximate surface area is 89.0 Å². The molecule has 4 nitrogen and oxygen atoms in total. The van der Waals surface area contributed by atoms with Gasteiger partial charge in [0, 0.05) is 11.8 Å². The molecule has 1 aliphatic rings. The summed E-state index contributed by atoms with van der Waals surface area (Å²) in [5, 5.41) is 0. The average Bonchev–Trinajstić information content (AvgIpc) is 2.12. The molecule has 0 amide bonds. The van der Waals surface area contributed by atoms with E-state index in [4.69, 9.17) is 4.74 Å². The van der Waals surface area contributed by atoms with Gasteiger partial charge in [-0.3, -0.25) is 14.4 Å². The molecule has 0 bridgehead atoms. The summed E-state index contributed by atoms with van der Waals surface area (Å²) in [5.41, 5.74) is -0.778. The van der Waals surface area contributed by atoms with Crippen LogP contribution in [0.2, 0.25) is 0 Å². The number of rotatable bonds is 2. The summed E-state index contributed by atoms with van der Waals surface area (Å²) in [7, 11) is 0. The second-order valence-corrected chi connectivity index (χ2v) is 4.37. The molecule has 1 aliphatic carbocycles. The van der Waals surface area contributed by atoms with E-state index in [1.807, 2.05) is 0 Å². The van der Waals surface area contributed by atoms with E-state index < -0.39 is 17.3 Å². The van der Waals surface area contributed by atoms with Crippen LogP contribution in [0.4, 0.5) is 0 Å². The standard InChI is InChI=1S/C11H16O4/c1-4-15-10(14)8-5-7(12)6-9(13)11(8,2)3/h8H,4-6H2,1-3H3. The van der Waals surface area contributed by atoms with E-state index >= 15 is 0 Å². The second kappa shape index (κ2) is 4.13. The monoisotopic (exact) mass is 212 g/mol. The number of esters is 1. The number of carbonyl (C=O) groups excluding carboxylic acids is 3. The first-order valence-corrected chi connectivity index (χ1v) is 5.11. The maximum atomic E-state index is 11.6. The molecule has 0 radical (unpaired) electrons. The molecule has 0 heterocycles. The molecule has 0 aliphatic heterocycles. The maximum Gasteiger partial charge on any atom is 0.310 e. The van der Waals surface area contributed by atoms with Crippen molar-refractivity contribution in [3.05, 3.63) is 0 Å². The van der Waals surface area contributed by atoms with Crippen molar-refractivity contribution < 1.29 is 19.1 Å². The van der Waals surface area contributed by atoms with Crippen molar-refractivity contribution in [2.24, 2.45) is 11.3 Å². The average molecular weight is 212 g/mol. The molecule has 1 rings (SSSR count). The minimum atomic E-state index is -0.778. The molecule has 0 spiro atoms. The zero-order chi connectivity index (χ0) is 11.6. The second-order valence-electron chi connectivity index (χ2n) is 4.37. The Hall–Kier alpha value is -1.19. The van der Waals surface area contributed by atoms with Crippen molar-refractivity contribution in [2.75, 3.05) is 6.61 Å². The minimum Gasteiger partial charge on any atom is -0.466 e. The lowest BCUT2D eigenvalue weighted by atomic mass is 9.67. The summed E-state index contributed by atoms with van der Waals surface area (Å²) in [6, 6.07) is 0. The van der Waals surface area contributed by atoms with Crippen LogP contribution in [0.1, 0.15) is 33.6 Å². The highest BCUT2D eigenvalue weighted by molar-refractivity contribution is 6.07. The van der Waals surface area contributed by atoms with Crippen molar-refractivity contribution in [2.45, 2.75) is 33.6 Å². The molecular weight excluding hydrogens is 196 g/mol. The summed E-state index contributed by atoms with van der Waals surface area (Å²) >= 11 is 0. The number of ether oxygens (including phenoxy) is 1. The molecule has 1 fully saturated rings. The van der Waals surface area contributed by atoms with Crippen molar-refractivity contribution in [3.8, 4) is 0 Å². The van der Waals surface area contributed by atoms with Gasteiger partial charge in [-0.25, -0.2) is 0 Å². The van der Waals surface area contributed by atoms with Crippen molar-refractivity contribution >= 4 is 17.5 Å². The van der Waals surface area contributed by atoms with E-state index in [0.717, 1.165) is 0 Å². The predicted octanol–water partition coefficient (Wildman–Crippen LogP) is 1.12. The Bertz CT molecular complexity index is 304. The van der Waals surface area contributed by atoms with Crippen LogP contribution in [0.25, 0.3) is 0 Å². The molecule has 15 heavy (non-hydrogen) atoms. The first-order valence-electron chi connectivity index (χ1n) is 5.11. The van der Waals surface area contributed by atoms with Crippen LogP contribution in [0.5, 0.6) is 0 Å². The van der Waals surface area contributed by atoms with Gasteiger partial charge in [0.05, 0.1) is 18.9 Å². The van der Waals surface area contributed by atoms with Crippen molar-refractivity contribution in [1.29, 1.82) is 0 Å². The molecule has 1 saturated carbocycles. The molecule has 4 heteroatoms. The highest BCUT2D eigenvalue weighted by Crippen LogP contribution is 2.37. The van der Waals surface area contributed by atoms with Gasteiger partial charge in [-0.15, -0.1) is 0 Å². The quantitative estimate of drug-likeness (QED) is 0.508. The third kappa shape index (κ3) is 2.25. The van der Waals surface area contributed by atoms with Gasteiger partial charge in [-0.05, 0) is 6.92 Å². The first kappa shape index (κ1) is 11.9. The normalized spacial score (nSPS) is 25.1. The molecular formula is C11H16O4. The van der Waals surface area contributed by atoms with Crippen LogP contribution >= 0.6 is 0 Å². The maximum absolute atomic E-state index is 11.6. The van der Waals surface area contributed by atoms with E-state index in [1.54, 1.807) is 20.8 Å². The Balaban J connectivity index is 2.88. The number of hydrogen-bond donors (Lipinski definition) is 0. The van der Waals surface area contributed by atoms with Crippen LogP contribution in [-0.4, -0.2) is 24.1 Å². The molecule has 0 aromatic heterocycles. The lowest BCUT2D eigenvalue weighted by Gasteiger charge is -2.34. The van der Waals surface area contributed by atoms with Gasteiger partial charge in [0.25, 0.3) is 0 Å². The zero-order valence-electron chi connectivity index (χ0n) is 9.33. The number of hydrogen-bond acceptors (Lipinski definition) is 4. The number of ketones is 2. The van der Waals surface area contributed by atoms with E-state index in [0.29, 0.717) is 0 Å². The summed E-state index contributed by atoms with van der Waals surface area (Å²) in [6.07, 6.45) is 0.0699. The van der Waals surface area contributed by atoms with Crippen LogP contribution in [0, 0.1) is 11.3 Å². The fourth-order valence-electron chi connectivity index (χ4n) is 1.78. The highest BCUT2D eigenvalue weighted by Gasteiger charge is 2.46. The first-order chi connectivity index (χ1) is 6.89. The van der Waals surface area contributed by atoms with Gasteiger partial charge >= 0.3 is 5.97 Å². The predicted molar refractivity (Wildman–Crippen MR) is 53.2 cm³/mol. The fraction of sp³-hybridized carbons (Fsp3) is 0.727. The SMILES string of the molecule is CCOC(=O)C1CC(=O)CC(=O)C1(C)C. The summed E-state index contributed by atoms with van der Waals surface area (Å²) in [5.74, 6) is -1.40.